The van der Waals surface area contributed by atoms with Gasteiger partial charge in [0, 0.05) is 12.2 Å². The van der Waals surface area contributed by atoms with E-state index in [2.05, 4.69) is 16.9 Å². The zero-order chi connectivity index (χ0) is 17.2. The maximum absolute atomic E-state index is 12.9. The van der Waals surface area contributed by atoms with Crippen LogP contribution in [0.4, 0.5) is 11.4 Å². The average molecular weight is 341 g/mol. The van der Waals surface area contributed by atoms with Crippen LogP contribution in [-0.4, -0.2) is 25.2 Å². The van der Waals surface area contributed by atoms with Crippen molar-refractivity contribution < 1.29 is 8.42 Å². The van der Waals surface area contributed by atoms with Crippen LogP contribution < -0.4 is 5.32 Å². The lowest BCUT2D eigenvalue weighted by Gasteiger charge is -2.29. The lowest BCUT2D eigenvalue weighted by molar-refractivity contribution is 0.520. The van der Waals surface area contributed by atoms with Crippen molar-refractivity contribution in [1.29, 1.82) is 0 Å². The summed E-state index contributed by atoms with van der Waals surface area (Å²) in [6, 6.07) is 14.5. The molecule has 1 aliphatic rings. The van der Waals surface area contributed by atoms with Gasteiger partial charge in [0.25, 0.3) is 10.0 Å². The number of anilines is 1. The van der Waals surface area contributed by atoms with Crippen LogP contribution in [-0.2, 0) is 10.0 Å². The van der Waals surface area contributed by atoms with Crippen molar-refractivity contribution >= 4 is 27.4 Å². The molecule has 0 saturated heterocycles. The number of benzene rings is 2. The third-order valence-corrected chi connectivity index (χ3v) is 5.58. The molecule has 0 unspecified atom stereocenters. The first-order valence-corrected chi connectivity index (χ1v) is 9.11. The van der Waals surface area contributed by atoms with Crippen LogP contribution in [0.25, 0.3) is 0 Å². The lowest BCUT2D eigenvalue weighted by Crippen LogP contribution is -2.43. The van der Waals surface area contributed by atoms with Gasteiger partial charge in [0.2, 0.25) is 5.96 Å². The minimum absolute atomic E-state index is 0.225. The van der Waals surface area contributed by atoms with Gasteiger partial charge in [0.15, 0.2) is 0 Å². The molecule has 1 N–H and O–H groups in total. The summed E-state index contributed by atoms with van der Waals surface area (Å²) in [6.45, 7) is 5.96. The first-order chi connectivity index (χ1) is 11.5. The van der Waals surface area contributed by atoms with E-state index < -0.39 is 10.0 Å². The normalized spacial score (nSPS) is 15.4. The van der Waals surface area contributed by atoms with Gasteiger partial charge < -0.3 is 5.32 Å². The van der Waals surface area contributed by atoms with E-state index in [9.17, 15) is 8.42 Å². The van der Waals surface area contributed by atoms with E-state index in [1.807, 2.05) is 31.2 Å². The van der Waals surface area contributed by atoms with Gasteiger partial charge in [-0.15, -0.1) is 6.58 Å². The molecule has 0 bridgehead atoms. The summed E-state index contributed by atoms with van der Waals surface area (Å²) in [4.78, 5) is 4.74. The Morgan fingerprint density at radius 2 is 1.88 bits per heavy atom. The fourth-order valence-corrected chi connectivity index (χ4v) is 3.99. The topological polar surface area (TPSA) is 61.8 Å². The van der Waals surface area contributed by atoms with Gasteiger partial charge >= 0.3 is 0 Å². The number of sulfonamides is 1. The summed E-state index contributed by atoms with van der Waals surface area (Å²) in [6.07, 6.45) is 2.23. The number of aliphatic imine (C=N–C) groups is 1. The van der Waals surface area contributed by atoms with E-state index >= 15 is 0 Å². The van der Waals surface area contributed by atoms with E-state index in [1.165, 1.54) is 4.31 Å². The number of aryl methyl sites for hydroxylation is 1. The zero-order valence-corrected chi connectivity index (χ0v) is 14.3. The number of hydrogen-bond donors (Lipinski definition) is 1. The maximum atomic E-state index is 12.9. The van der Waals surface area contributed by atoms with Crippen molar-refractivity contribution in [3.05, 3.63) is 66.7 Å². The Morgan fingerprint density at radius 1 is 1.17 bits per heavy atom. The summed E-state index contributed by atoms with van der Waals surface area (Å²) in [5, 5.41) is 3.13. The quantitative estimate of drug-likeness (QED) is 0.863. The van der Waals surface area contributed by atoms with Crippen molar-refractivity contribution in [3.63, 3.8) is 0 Å². The molecule has 0 amide bonds. The number of fused-ring (bicyclic) bond motifs is 1. The van der Waals surface area contributed by atoms with Gasteiger partial charge in [-0.05, 0) is 37.6 Å². The molecule has 0 aliphatic carbocycles. The Bertz CT molecular complexity index is 887. The van der Waals surface area contributed by atoms with Gasteiger partial charge in [-0.1, -0.05) is 35.9 Å². The molecule has 3 rings (SSSR count). The second-order valence-corrected chi connectivity index (χ2v) is 7.38. The van der Waals surface area contributed by atoms with Crippen molar-refractivity contribution in [2.75, 3.05) is 11.9 Å². The number of rotatable bonds is 4. The predicted octanol–water partition coefficient (Wildman–Crippen LogP) is 3.68. The Morgan fingerprint density at radius 3 is 2.58 bits per heavy atom. The van der Waals surface area contributed by atoms with Gasteiger partial charge in [0.05, 0.1) is 5.69 Å². The fraction of sp³-hybridized carbons (Fsp3) is 0.167. The largest absolute Gasteiger partial charge is 0.325 e. The predicted molar refractivity (Wildman–Crippen MR) is 97.0 cm³/mol. The summed E-state index contributed by atoms with van der Waals surface area (Å²) in [5.41, 5.74) is 2.37. The van der Waals surface area contributed by atoms with E-state index in [0.29, 0.717) is 18.1 Å². The van der Waals surface area contributed by atoms with E-state index in [4.69, 9.17) is 0 Å². The first-order valence-electron chi connectivity index (χ1n) is 7.67. The molecular weight excluding hydrogens is 322 g/mol. The molecule has 5 nitrogen and oxygen atoms in total. The number of guanidine groups is 1. The van der Waals surface area contributed by atoms with E-state index in [0.717, 1.165) is 11.3 Å². The van der Waals surface area contributed by atoms with E-state index in [1.54, 1.807) is 30.3 Å². The second-order valence-electron chi connectivity index (χ2n) is 5.55. The van der Waals surface area contributed by atoms with Crippen molar-refractivity contribution in [1.82, 2.24) is 4.31 Å². The monoisotopic (exact) mass is 341 g/mol. The molecule has 1 aliphatic heterocycles. The molecule has 0 spiro atoms. The number of nitrogens with one attached hydrogen (secondary N) is 1. The Balaban J connectivity index is 2.04. The third kappa shape index (κ3) is 3.05. The minimum atomic E-state index is -3.64. The molecule has 124 valence electrons. The molecule has 1 heterocycles. The number of hydrogen-bond acceptors (Lipinski definition) is 4. The van der Waals surface area contributed by atoms with Gasteiger partial charge in [-0.25, -0.2) is 17.7 Å². The molecule has 24 heavy (non-hydrogen) atoms. The van der Waals surface area contributed by atoms with Gasteiger partial charge in [-0.2, -0.15) is 0 Å². The molecule has 0 radical (unpaired) electrons. The highest BCUT2D eigenvalue weighted by Gasteiger charge is 2.33. The molecule has 0 saturated carbocycles. The van der Waals surface area contributed by atoms with Crippen LogP contribution in [0.15, 0.2) is 71.1 Å². The third-order valence-electron chi connectivity index (χ3n) is 3.74. The van der Waals surface area contributed by atoms with Crippen molar-refractivity contribution in [2.45, 2.75) is 18.2 Å². The Hall–Kier alpha value is -2.60. The number of para-hydroxylation sites is 1. The SMILES string of the molecule is C=CCCN1C(Nc2ccc(C)cc2)=Nc2ccccc2S1(=O)=O. The van der Waals surface area contributed by atoms with Gasteiger partial charge in [-0.3, -0.25) is 0 Å². The van der Waals surface area contributed by atoms with Gasteiger partial charge in [0.1, 0.15) is 4.90 Å². The highest BCUT2D eigenvalue weighted by atomic mass is 32.2. The molecule has 6 heteroatoms. The molecule has 0 atom stereocenters. The standard InChI is InChI=1S/C18H19N3O2S/c1-3-4-13-21-18(19-15-11-9-14(2)10-12-15)20-16-7-5-6-8-17(16)24(21,22)23/h3,5-12H,1,4,13H2,2H3,(H,19,20). The molecule has 2 aromatic rings. The van der Waals surface area contributed by atoms with Crippen LogP contribution in [0.3, 0.4) is 0 Å². The van der Waals surface area contributed by atoms with Crippen LogP contribution in [0.2, 0.25) is 0 Å². The Labute approximate surface area is 142 Å². The smallest absolute Gasteiger partial charge is 0.268 e. The zero-order valence-electron chi connectivity index (χ0n) is 13.4. The number of nitrogens with zero attached hydrogens (tertiary/aromatic N) is 2. The first kappa shape index (κ1) is 16.3. The van der Waals surface area contributed by atoms with Crippen LogP contribution in [0.1, 0.15) is 12.0 Å². The summed E-state index contributed by atoms with van der Waals surface area (Å²) < 4.78 is 27.2. The summed E-state index contributed by atoms with van der Waals surface area (Å²) in [7, 11) is -3.64. The van der Waals surface area contributed by atoms with E-state index in [-0.39, 0.29) is 11.4 Å². The second kappa shape index (κ2) is 6.49. The highest BCUT2D eigenvalue weighted by Crippen LogP contribution is 2.32. The molecule has 0 aromatic heterocycles. The molecule has 2 aromatic carbocycles. The maximum Gasteiger partial charge on any atom is 0.268 e. The van der Waals surface area contributed by atoms with Crippen LogP contribution >= 0.6 is 0 Å². The highest BCUT2D eigenvalue weighted by molar-refractivity contribution is 7.90. The fourth-order valence-electron chi connectivity index (χ4n) is 2.46. The van der Waals surface area contributed by atoms with Crippen molar-refractivity contribution in [3.8, 4) is 0 Å². The molecule has 0 fully saturated rings. The van der Waals surface area contributed by atoms with Crippen LogP contribution in [0, 0.1) is 6.92 Å². The van der Waals surface area contributed by atoms with Crippen molar-refractivity contribution in [2.24, 2.45) is 4.99 Å². The summed E-state index contributed by atoms with van der Waals surface area (Å²) in [5.74, 6) is 0.305. The van der Waals surface area contributed by atoms with Crippen LogP contribution in [0.5, 0.6) is 0 Å². The summed E-state index contributed by atoms with van der Waals surface area (Å²) >= 11 is 0. The minimum Gasteiger partial charge on any atom is -0.325 e. The molecular formula is C18H19N3O2S. The Kier molecular flexibility index (Phi) is 4.40. The average Bonchev–Trinajstić information content (AvgIpc) is 2.56. The lowest BCUT2D eigenvalue weighted by atomic mass is 10.2.